The normalized spacial score (nSPS) is 10.5. The number of hydrogen-bond donors (Lipinski definition) is 2. The summed E-state index contributed by atoms with van der Waals surface area (Å²) >= 11 is 0. The molecule has 0 unspecified atom stereocenters. The third kappa shape index (κ3) is 2.10. The van der Waals surface area contributed by atoms with Crippen LogP contribution in [0.5, 0.6) is 5.75 Å². The van der Waals surface area contributed by atoms with E-state index in [2.05, 4.69) is 4.98 Å². The zero-order chi connectivity index (χ0) is 10.8. The van der Waals surface area contributed by atoms with Crippen LogP contribution in [0, 0.1) is 6.92 Å². The number of nitrogens with zero attached hydrogens (tertiary/aromatic N) is 2. The summed E-state index contributed by atoms with van der Waals surface area (Å²) in [6.45, 7) is 2.58. The van der Waals surface area contributed by atoms with E-state index >= 15 is 0 Å². The van der Waals surface area contributed by atoms with Crippen molar-refractivity contribution >= 4 is 5.95 Å². The fraction of sp³-hybridized carbons (Fsp3) is 0.182. The number of nitrogens with two attached hydrogens (primary N) is 1. The fourth-order valence-electron chi connectivity index (χ4n) is 1.49. The molecule has 0 saturated heterocycles. The molecular formula is C11H13N3O. The van der Waals surface area contributed by atoms with E-state index in [1.165, 1.54) is 0 Å². The SMILES string of the molecule is Cc1cn(Cc2ccc(O)cc2)c(N)n1. The smallest absolute Gasteiger partial charge is 0.200 e. The second-order valence-corrected chi connectivity index (χ2v) is 3.53. The number of phenols is 1. The quantitative estimate of drug-likeness (QED) is 0.778. The van der Waals surface area contributed by atoms with E-state index in [1.54, 1.807) is 12.1 Å². The highest BCUT2D eigenvalue weighted by molar-refractivity contribution is 5.28. The third-order valence-electron chi connectivity index (χ3n) is 2.22. The molecule has 0 bridgehead atoms. The van der Waals surface area contributed by atoms with Crippen LogP contribution < -0.4 is 5.73 Å². The number of rotatable bonds is 2. The van der Waals surface area contributed by atoms with Crippen molar-refractivity contribution in [2.75, 3.05) is 5.73 Å². The summed E-state index contributed by atoms with van der Waals surface area (Å²) in [4.78, 5) is 4.12. The number of aromatic hydroxyl groups is 1. The minimum Gasteiger partial charge on any atom is -0.508 e. The van der Waals surface area contributed by atoms with Crippen LogP contribution in [0.2, 0.25) is 0 Å². The summed E-state index contributed by atoms with van der Waals surface area (Å²) in [5.41, 5.74) is 7.71. The molecule has 1 aromatic heterocycles. The average molecular weight is 203 g/mol. The van der Waals surface area contributed by atoms with E-state index in [4.69, 9.17) is 10.8 Å². The van der Waals surface area contributed by atoms with Crippen LogP contribution in [0.1, 0.15) is 11.3 Å². The number of hydrogen-bond acceptors (Lipinski definition) is 3. The lowest BCUT2D eigenvalue weighted by Gasteiger charge is -2.04. The van der Waals surface area contributed by atoms with E-state index in [9.17, 15) is 0 Å². The first-order valence-electron chi connectivity index (χ1n) is 4.72. The summed E-state index contributed by atoms with van der Waals surface area (Å²) in [5, 5.41) is 9.14. The van der Waals surface area contributed by atoms with Gasteiger partial charge in [0, 0.05) is 6.20 Å². The number of anilines is 1. The van der Waals surface area contributed by atoms with Gasteiger partial charge in [0.05, 0.1) is 12.2 Å². The van der Waals surface area contributed by atoms with Crippen LogP contribution >= 0.6 is 0 Å². The Balaban J connectivity index is 2.21. The van der Waals surface area contributed by atoms with Gasteiger partial charge in [0.15, 0.2) is 0 Å². The monoisotopic (exact) mass is 203 g/mol. The molecule has 0 atom stereocenters. The molecule has 3 N–H and O–H groups in total. The van der Waals surface area contributed by atoms with Gasteiger partial charge in [-0.2, -0.15) is 0 Å². The predicted molar refractivity (Wildman–Crippen MR) is 58.6 cm³/mol. The summed E-state index contributed by atoms with van der Waals surface area (Å²) in [5.74, 6) is 0.786. The molecule has 0 saturated carbocycles. The molecule has 1 aromatic carbocycles. The highest BCUT2D eigenvalue weighted by Crippen LogP contribution is 2.13. The Labute approximate surface area is 88.0 Å². The second kappa shape index (κ2) is 3.65. The molecule has 0 aliphatic heterocycles. The Morgan fingerprint density at radius 1 is 1.33 bits per heavy atom. The van der Waals surface area contributed by atoms with Crippen LogP contribution in [-0.2, 0) is 6.54 Å². The van der Waals surface area contributed by atoms with Gasteiger partial charge in [-0.05, 0) is 24.6 Å². The van der Waals surface area contributed by atoms with Crippen molar-refractivity contribution in [1.29, 1.82) is 0 Å². The topological polar surface area (TPSA) is 64.1 Å². The van der Waals surface area contributed by atoms with Crippen molar-refractivity contribution in [2.24, 2.45) is 0 Å². The number of benzene rings is 1. The molecule has 0 radical (unpaired) electrons. The van der Waals surface area contributed by atoms with Gasteiger partial charge in [0.2, 0.25) is 5.95 Å². The minimum absolute atomic E-state index is 0.272. The van der Waals surface area contributed by atoms with Crippen LogP contribution in [-0.4, -0.2) is 14.7 Å². The Hall–Kier alpha value is -1.97. The number of aromatic nitrogens is 2. The number of imidazole rings is 1. The van der Waals surface area contributed by atoms with Crippen molar-refractivity contribution in [3.8, 4) is 5.75 Å². The van der Waals surface area contributed by atoms with Crippen molar-refractivity contribution in [2.45, 2.75) is 13.5 Å². The van der Waals surface area contributed by atoms with Gasteiger partial charge in [-0.15, -0.1) is 0 Å². The van der Waals surface area contributed by atoms with Crippen molar-refractivity contribution in [1.82, 2.24) is 9.55 Å². The first-order chi connectivity index (χ1) is 7.15. The molecule has 2 aromatic rings. The lowest BCUT2D eigenvalue weighted by Crippen LogP contribution is -2.03. The number of phenolic OH excluding ortho intramolecular Hbond substituents is 1. The van der Waals surface area contributed by atoms with Gasteiger partial charge in [-0.1, -0.05) is 12.1 Å². The Morgan fingerprint density at radius 2 is 2.00 bits per heavy atom. The summed E-state index contributed by atoms with van der Waals surface area (Å²) in [6.07, 6.45) is 1.90. The van der Waals surface area contributed by atoms with E-state index in [-0.39, 0.29) is 5.75 Å². The third-order valence-corrected chi connectivity index (χ3v) is 2.22. The van der Waals surface area contributed by atoms with Crippen molar-refractivity contribution < 1.29 is 5.11 Å². The van der Waals surface area contributed by atoms with Crippen molar-refractivity contribution in [3.63, 3.8) is 0 Å². The molecule has 0 spiro atoms. The maximum atomic E-state index is 9.14. The zero-order valence-corrected chi connectivity index (χ0v) is 8.51. The molecule has 0 aliphatic carbocycles. The standard InChI is InChI=1S/C11H13N3O/c1-8-6-14(11(12)13-8)7-9-2-4-10(15)5-3-9/h2-6,15H,7H2,1H3,(H2,12,13). The number of aryl methyl sites for hydroxylation is 1. The van der Waals surface area contributed by atoms with E-state index in [0.717, 1.165) is 11.3 Å². The van der Waals surface area contributed by atoms with Crippen LogP contribution in [0.3, 0.4) is 0 Å². The Bertz CT molecular complexity index is 459. The summed E-state index contributed by atoms with van der Waals surface area (Å²) in [7, 11) is 0. The molecule has 4 heteroatoms. The van der Waals surface area contributed by atoms with Gasteiger partial charge in [-0.3, -0.25) is 0 Å². The maximum Gasteiger partial charge on any atom is 0.200 e. The lowest BCUT2D eigenvalue weighted by atomic mass is 10.2. The molecule has 0 amide bonds. The maximum absolute atomic E-state index is 9.14. The van der Waals surface area contributed by atoms with E-state index < -0.39 is 0 Å². The molecule has 1 heterocycles. The average Bonchev–Trinajstić information content (AvgIpc) is 2.49. The van der Waals surface area contributed by atoms with Crippen LogP contribution in [0.25, 0.3) is 0 Å². The Morgan fingerprint density at radius 3 is 2.53 bits per heavy atom. The van der Waals surface area contributed by atoms with Gasteiger partial charge in [0.25, 0.3) is 0 Å². The molecular weight excluding hydrogens is 190 g/mol. The highest BCUT2D eigenvalue weighted by Gasteiger charge is 2.02. The molecule has 4 nitrogen and oxygen atoms in total. The lowest BCUT2D eigenvalue weighted by molar-refractivity contribution is 0.475. The van der Waals surface area contributed by atoms with Gasteiger partial charge in [-0.25, -0.2) is 4.98 Å². The van der Waals surface area contributed by atoms with Gasteiger partial charge < -0.3 is 15.4 Å². The van der Waals surface area contributed by atoms with Crippen molar-refractivity contribution in [3.05, 3.63) is 41.7 Å². The minimum atomic E-state index is 0.272. The molecule has 0 aliphatic rings. The van der Waals surface area contributed by atoms with E-state index in [0.29, 0.717) is 12.5 Å². The molecule has 78 valence electrons. The second-order valence-electron chi connectivity index (χ2n) is 3.53. The summed E-state index contributed by atoms with van der Waals surface area (Å²) < 4.78 is 1.88. The summed E-state index contributed by atoms with van der Waals surface area (Å²) in [6, 6.07) is 7.05. The molecule has 15 heavy (non-hydrogen) atoms. The molecule has 0 fully saturated rings. The van der Waals surface area contributed by atoms with Crippen LogP contribution in [0.15, 0.2) is 30.5 Å². The first-order valence-corrected chi connectivity index (χ1v) is 4.72. The first kappa shape index (κ1) is 9.58. The highest BCUT2D eigenvalue weighted by atomic mass is 16.3. The van der Waals surface area contributed by atoms with E-state index in [1.807, 2.05) is 29.8 Å². The fourth-order valence-corrected chi connectivity index (χ4v) is 1.49. The Kier molecular flexibility index (Phi) is 2.33. The zero-order valence-electron chi connectivity index (χ0n) is 8.51. The number of nitrogen functional groups attached to an aromatic ring is 1. The van der Waals surface area contributed by atoms with Crippen LogP contribution in [0.4, 0.5) is 5.95 Å². The largest absolute Gasteiger partial charge is 0.508 e. The van der Waals surface area contributed by atoms with Gasteiger partial charge >= 0.3 is 0 Å². The molecule has 2 rings (SSSR count). The van der Waals surface area contributed by atoms with Gasteiger partial charge in [0.1, 0.15) is 5.75 Å². The predicted octanol–water partition coefficient (Wildman–Crippen LogP) is 1.53.